The van der Waals surface area contributed by atoms with Crippen molar-refractivity contribution < 1.29 is 4.39 Å². The van der Waals surface area contributed by atoms with Crippen LogP contribution in [-0.4, -0.2) is 9.55 Å². The van der Waals surface area contributed by atoms with Crippen LogP contribution in [0.25, 0.3) is 10.9 Å². The molecule has 1 aromatic heterocycles. The summed E-state index contributed by atoms with van der Waals surface area (Å²) in [5.74, 6) is -0.492. The molecule has 0 aliphatic carbocycles. The summed E-state index contributed by atoms with van der Waals surface area (Å²) < 4.78 is 19.2. The van der Waals surface area contributed by atoms with Crippen LogP contribution in [0, 0.1) is 12.7 Å². The van der Waals surface area contributed by atoms with Crippen LogP contribution in [0.3, 0.4) is 0 Å². The van der Waals surface area contributed by atoms with Gasteiger partial charge in [0.25, 0.3) is 5.56 Å². The van der Waals surface area contributed by atoms with E-state index in [0.29, 0.717) is 27.8 Å². The Morgan fingerprint density at radius 2 is 1.80 bits per heavy atom. The highest BCUT2D eigenvalue weighted by molar-refractivity contribution is 8.00. The molecule has 0 fully saturated rings. The van der Waals surface area contributed by atoms with Crippen LogP contribution in [0.1, 0.15) is 5.56 Å². The lowest BCUT2D eigenvalue weighted by atomic mass is 10.1. The smallest absolute Gasteiger partial charge is 0.261 e. The van der Waals surface area contributed by atoms with Gasteiger partial charge in [-0.1, -0.05) is 29.8 Å². The molecule has 0 saturated carbocycles. The van der Waals surface area contributed by atoms with Crippen molar-refractivity contribution in [3.63, 3.8) is 0 Å². The fraction of sp³-hybridized carbons (Fsp3) is 0.0909. The highest BCUT2D eigenvalue weighted by Crippen LogP contribution is 2.37. The zero-order valence-electron chi connectivity index (χ0n) is 16.2. The van der Waals surface area contributed by atoms with E-state index in [1.165, 1.54) is 28.9 Å². The number of rotatable bonds is 5. The van der Waals surface area contributed by atoms with Gasteiger partial charge in [-0.3, -0.25) is 4.79 Å². The van der Waals surface area contributed by atoms with Gasteiger partial charge in [0.1, 0.15) is 5.82 Å². The molecule has 0 saturated heterocycles. The third-order valence-corrected chi connectivity index (χ3v) is 5.94. The lowest BCUT2D eigenvalue weighted by Gasteiger charge is -2.16. The van der Waals surface area contributed by atoms with E-state index >= 15 is 0 Å². The van der Waals surface area contributed by atoms with Crippen molar-refractivity contribution in [2.45, 2.75) is 11.8 Å². The fourth-order valence-electron chi connectivity index (χ4n) is 3.07. The lowest BCUT2D eigenvalue weighted by Crippen LogP contribution is -2.18. The van der Waals surface area contributed by atoms with E-state index in [4.69, 9.17) is 11.6 Å². The van der Waals surface area contributed by atoms with E-state index < -0.39 is 5.82 Å². The van der Waals surface area contributed by atoms with Crippen LogP contribution >= 0.6 is 23.5 Å². The zero-order chi connectivity index (χ0) is 21.3. The monoisotopic (exact) mass is 440 g/mol. The molecule has 0 aliphatic heterocycles. The average molecular weight is 441 g/mol. The maximum atomic E-state index is 14.6. The topological polar surface area (TPSA) is 59.0 Å². The summed E-state index contributed by atoms with van der Waals surface area (Å²) >= 11 is 7.88. The number of halogens is 2. The molecule has 0 atom stereocenters. The van der Waals surface area contributed by atoms with Crippen molar-refractivity contribution in [3.8, 4) is 0 Å². The van der Waals surface area contributed by atoms with Crippen molar-refractivity contribution in [2.24, 2.45) is 7.05 Å². The van der Waals surface area contributed by atoms with Gasteiger partial charge in [0.15, 0.2) is 0 Å². The molecule has 0 radical (unpaired) electrons. The summed E-state index contributed by atoms with van der Waals surface area (Å²) in [6.45, 7) is 1.80. The Morgan fingerprint density at radius 1 is 1.07 bits per heavy atom. The summed E-state index contributed by atoms with van der Waals surface area (Å²) in [5.41, 5.74) is 2.39. The minimum absolute atomic E-state index is 0.137. The first kappa shape index (κ1) is 20.3. The average Bonchev–Trinajstić information content (AvgIpc) is 2.75. The highest BCUT2D eigenvalue weighted by atomic mass is 35.5. The van der Waals surface area contributed by atoms with E-state index in [0.717, 1.165) is 4.90 Å². The van der Waals surface area contributed by atoms with Crippen LogP contribution < -0.4 is 15.6 Å². The van der Waals surface area contributed by atoms with Crippen molar-refractivity contribution in [1.29, 1.82) is 0 Å². The fourth-order valence-corrected chi connectivity index (χ4v) is 4.07. The number of aryl methyl sites for hydroxylation is 2. The Labute approximate surface area is 182 Å². The van der Waals surface area contributed by atoms with E-state index in [1.54, 1.807) is 32.2 Å². The number of hydrogen-bond donors (Lipinski definition) is 2. The Morgan fingerprint density at radius 3 is 2.57 bits per heavy atom. The summed E-state index contributed by atoms with van der Waals surface area (Å²) in [6, 6.07) is 16.2. The number of benzene rings is 3. The highest BCUT2D eigenvalue weighted by Gasteiger charge is 2.15. The minimum Gasteiger partial charge on any atom is -0.352 e. The van der Waals surface area contributed by atoms with Crippen LogP contribution in [-0.2, 0) is 7.05 Å². The van der Waals surface area contributed by atoms with Crippen LogP contribution in [0.4, 0.5) is 21.5 Å². The molecule has 1 heterocycles. The summed E-state index contributed by atoms with van der Waals surface area (Å²) in [5, 5.41) is 3.76. The number of nitrogens with one attached hydrogen (secondary N) is 2. The number of nitrogens with zero attached hydrogens (tertiary/aromatic N) is 2. The van der Waals surface area contributed by atoms with Gasteiger partial charge >= 0.3 is 0 Å². The van der Waals surface area contributed by atoms with Gasteiger partial charge in [-0.15, -0.1) is 0 Å². The molecule has 0 aliphatic rings. The van der Waals surface area contributed by atoms with Crippen LogP contribution in [0.5, 0.6) is 0 Å². The van der Waals surface area contributed by atoms with E-state index in [-0.39, 0.29) is 16.3 Å². The maximum Gasteiger partial charge on any atom is 0.261 e. The molecule has 0 unspecified atom stereocenters. The SMILES string of the molecule is Cc1c(Nc2c(F)ccc(NSc3ccccc3)c2Cl)ccc2ncn(C)c(=O)c12. The van der Waals surface area contributed by atoms with Crippen molar-refractivity contribution in [3.05, 3.63) is 87.7 Å². The number of fused-ring (bicyclic) bond motifs is 1. The van der Waals surface area contributed by atoms with Gasteiger partial charge < -0.3 is 14.6 Å². The first-order chi connectivity index (χ1) is 14.5. The number of hydrogen-bond acceptors (Lipinski definition) is 5. The van der Waals surface area contributed by atoms with Gasteiger partial charge in [-0.2, -0.15) is 0 Å². The van der Waals surface area contributed by atoms with Crippen LogP contribution in [0.15, 0.2) is 70.6 Å². The molecule has 0 spiro atoms. The first-order valence-electron chi connectivity index (χ1n) is 9.13. The molecule has 30 heavy (non-hydrogen) atoms. The molecule has 4 rings (SSSR count). The first-order valence-corrected chi connectivity index (χ1v) is 10.3. The van der Waals surface area contributed by atoms with Crippen molar-refractivity contribution in [2.75, 3.05) is 10.0 Å². The molecule has 8 heteroatoms. The Kier molecular flexibility index (Phi) is 5.65. The molecule has 4 aromatic rings. The molecule has 0 amide bonds. The summed E-state index contributed by atoms with van der Waals surface area (Å²) in [6.07, 6.45) is 1.48. The molecule has 5 nitrogen and oxygen atoms in total. The molecule has 0 bridgehead atoms. The second-order valence-corrected chi connectivity index (χ2v) is 7.98. The number of anilines is 3. The van der Waals surface area contributed by atoms with Crippen LogP contribution in [0.2, 0.25) is 5.02 Å². The standard InChI is InChI=1S/C22H18ClFN4OS/c1-13-16(10-11-17-19(13)22(29)28(2)12-25-17)26-21-15(24)8-9-18(20(21)23)27-30-14-6-4-3-5-7-14/h3-12,26-27H,1-2H3. The predicted octanol–water partition coefficient (Wildman–Crippen LogP) is 5.90. The Balaban J connectivity index is 1.69. The Bertz CT molecular complexity index is 1290. The van der Waals surface area contributed by atoms with E-state index in [9.17, 15) is 9.18 Å². The quantitative estimate of drug-likeness (QED) is 0.378. The molecular weight excluding hydrogens is 423 g/mol. The van der Waals surface area contributed by atoms with Gasteiger partial charge in [-0.05, 0) is 60.8 Å². The van der Waals surface area contributed by atoms with E-state index in [1.807, 2.05) is 30.3 Å². The normalized spacial score (nSPS) is 10.9. The number of aromatic nitrogens is 2. The third-order valence-electron chi connectivity index (χ3n) is 4.72. The van der Waals surface area contributed by atoms with Crippen molar-refractivity contribution in [1.82, 2.24) is 9.55 Å². The predicted molar refractivity (Wildman–Crippen MR) is 122 cm³/mol. The largest absolute Gasteiger partial charge is 0.352 e. The Hall–Kier alpha value is -3.03. The van der Waals surface area contributed by atoms with Crippen molar-refractivity contribution >= 4 is 51.5 Å². The lowest BCUT2D eigenvalue weighted by molar-refractivity contribution is 0.632. The van der Waals surface area contributed by atoms with Gasteiger partial charge in [-0.25, -0.2) is 9.37 Å². The van der Waals surface area contributed by atoms with Gasteiger partial charge in [0.2, 0.25) is 0 Å². The molecule has 152 valence electrons. The minimum atomic E-state index is -0.492. The summed E-state index contributed by atoms with van der Waals surface area (Å²) in [7, 11) is 1.64. The second kappa shape index (κ2) is 8.38. The molecular formula is C22H18ClFN4OS. The summed E-state index contributed by atoms with van der Waals surface area (Å²) in [4.78, 5) is 17.8. The zero-order valence-corrected chi connectivity index (χ0v) is 17.8. The molecule has 3 aromatic carbocycles. The maximum absolute atomic E-state index is 14.6. The third kappa shape index (κ3) is 3.86. The van der Waals surface area contributed by atoms with Gasteiger partial charge in [0, 0.05) is 17.6 Å². The molecule has 2 N–H and O–H groups in total. The second-order valence-electron chi connectivity index (χ2n) is 6.72. The van der Waals surface area contributed by atoms with Gasteiger partial charge in [0.05, 0.1) is 33.6 Å². The van der Waals surface area contributed by atoms with E-state index in [2.05, 4.69) is 15.0 Å².